The lowest BCUT2D eigenvalue weighted by molar-refractivity contribution is -0.384. The summed E-state index contributed by atoms with van der Waals surface area (Å²) in [7, 11) is 1.74. The van der Waals surface area contributed by atoms with Crippen LogP contribution in [0.5, 0.6) is 0 Å². The fourth-order valence-corrected chi connectivity index (χ4v) is 1.79. The molecule has 0 fully saturated rings. The number of pyridine rings is 1. The number of halogens is 1. The third-order valence-electron chi connectivity index (χ3n) is 2.69. The van der Waals surface area contributed by atoms with Gasteiger partial charge in [-0.25, -0.2) is 4.98 Å². The number of carbonyl (C=O) groups is 1. The maximum Gasteiger partial charge on any atom is 0.289 e. The summed E-state index contributed by atoms with van der Waals surface area (Å²) in [5.74, 6) is -0.464. The Hall–Kier alpha value is -2.67. The number of hydrogen-bond acceptors (Lipinski definition) is 5. The fraction of sp³-hybridized carbons (Fsp3) is 0.0769. The van der Waals surface area contributed by atoms with Crippen molar-refractivity contribution >= 4 is 34.6 Å². The highest BCUT2D eigenvalue weighted by Gasteiger charge is 2.14. The predicted molar refractivity (Wildman–Crippen MR) is 79.8 cm³/mol. The van der Waals surface area contributed by atoms with E-state index in [1.54, 1.807) is 19.2 Å². The molecule has 1 aromatic heterocycles. The summed E-state index contributed by atoms with van der Waals surface area (Å²) in [5, 5.41) is 16.2. The van der Waals surface area contributed by atoms with E-state index in [1.165, 1.54) is 24.4 Å². The molecule has 1 aromatic carbocycles. The number of nitrogens with zero attached hydrogens (tertiary/aromatic N) is 2. The van der Waals surface area contributed by atoms with E-state index in [2.05, 4.69) is 15.6 Å². The van der Waals surface area contributed by atoms with E-state index in [4.69, 9.17) is 11.6 Å². The summed E-state index contributed by atoms with van der Waals surface area (Å²) in [6.07, 6.45) is 1.51. The molecule has 7 nitrogen and oxygen atoms in total. The van der Waals surface area contributed by atoms with Crippen LogP contribution in [-0.4, -0.2) is 22.9 Å². The zero-order valence-electron chi connectivity index (χ0n) is 11.0. The lowest BCUT2D eigenvalue weighted by atomic mass is 10.2. The van der Waals surface area contributed by atoms with Crippen molar-refractivity contribution in [2.45, 2.75) is 0 Å². The molecule has 0 aliphatic rings. The molecule has 0 atom stereocenters. The Morgan fingerprint density at radius 3 is 2.57 bits per heavy atom. The van der Waals surface area contributed by atoms with E-state index in [0.717, 1.165) is 5.69 Å². The summed E-state index contributed by atoms with van der Waals surface area (Å²) in [5.41, 5.74) is 0.976. The highest BCUT2D eigenvalue weighted by atomic mass is 35.5. The molecule has 0 bridgehead atoms. The predicted octanol–water partition coefficient (Wildman–Crippen LogP) is 2.94. The minimum atomic E-state index is -0.613. The van der Waals surface area contributed by atoms with Crippen molar-refractivity contribution in [3.05, 3.63) is 57.4 Å². The highest BCUT2D eigenvalue weighted by Crippen LogP contribution is 2.27. The topological polar surface area (TPSA) is 97.2 Å². The second-order valence-corrected chi connectivity index (χ2v) is 4.47. The zero-order chi connectivity index (χ0) is 15.4. The second kappa shape index (κ2) is 6.19. The highest BCUT2D eigenvalue weighted by molar-refractivity contribution is 6.32. The summed E-state index contributed by atoms with van der Waals surface area (Å²) in [4.78, 5) is 26.1. The first-order valence-electron chi connectivity index (χ1n) is 5.90. The van der Waals surface area contributed by atoms with E-state index in [1.807, 2.05) is 0 Å². The second-order valence-electron chi connectivity index (χ2n) is 4.06. The molecule has 8 heteroatoms. The molecule has 2 rings (SSSR count). The first kappa shape index (κ1) is 14.7. The van der Waals surface area contributed by atoms with Crippen LogP contribution in [-0.2, 0) is 0 Å². The maximum absolute atomic E-state index is 12.0. The molecular formula is C13H11ClN4O3. The Balaban J connectivity index is 2.19. The van der Waals surface area contributed by atoms with Crippen LogP contribution in [0.25, 0.3) is 0 Å². The number of carbonyl (C=O) groups excluding carboxylic acids is 1. The molecule has 0 radical (unpaired) electrons. The molecular weight excluding hydrogens is 296 g/mol. The van der Waals surface area contributed by atoms with Gasteiger partial charge in [0.05, 0.1) is 16.8 Å². The number of rotatable bonds is 4. The smallest absolute Gasteiger partial charge is 0.289 e. The number of nitro benzene ring substituents is 1. The summed E-state index contributed by atoms with van der Waals surface area (Å²) in [6.45, 7) is 0. The number of benzene rings is 1. The summed E-state index contributed by atoms with van der Waals surface area (Å²) < 4.78 is 0. The molecule has 2 N–H and O–H groups in total. The molecule has 0 saturated carbocycles. The third kappa shape index (κ3) is 3.46. The van der Waals surface area contributed by atoms with Crippen LogP contribution in [0.1, 0.15) is 10.5 Å². The molecule has 0 spiro atoms. The van der Waals surface area contributed by atoms with Gasteiger partial charge < -0.3 is 10.6 Å². The zero-order valence-corrected chi connectivity index (χ0v) is 11.7. The van der Waals surface area contributed by atoms with Crippen molar-refractivity contribution in [1.82, 2.24) is 4.98 Å². The minimum Gasteiger partial charge on any atom is -0.387 e. The summed E-state index contributed by atoms with van der Waals surface area (Å²) >= 11 is 5.70. The molecule has 21 heavy (non-hydrogen) atoms. The van der Waals surface area contributed by atoms with Gasteiger partial charge in [0.15, 0.2) is 0 Å². The lowest BCUT2D eigenvalue weighted by Gasteiger charge is -2.06. The van der Waals surface area contributed by atoms with Gasteiger partial charge in [0.1, 0.15) is 10.7 Å². The average Bonchev–Trinajstić information content (AvgIpc) is 2.49. The number of nitrogens with one attached hydrogen (secondary N) is 2. The van der Waals surface area contributed by atoms with Gasteiger partial charge in [-0.15, -0.1) is 0 Å². The van der Waals surface area contributed by atoms with Crippen LogP contribution < -0.4 is 10.6 Å². The number of anilines is 2. The number of hydrogen-bond donors (Lipinski definition) is 2. The van der Waals surface area contributed by atoms with Crippen molar-refractivity contribution in [2.75, 3.05) is 17.7 Å². The van der Waals surface area contributed by atoms with Crippen LogP contribution in [0, 0.1) is 10.1 Å². The van der Waals surface area contributed by atoms with E-state index >= 15 is 0 Å². The molecule has 0 unspecified atom stereocenters. The van der Waals surface area contributed by atoms with Gasteiger partial charge in [0, 0.05) is 18.8 Å². The van der Waals surface area contributed by atoms with Crippen LogP contribution in [0.3, 0.4) is 0 Å². The van der Waals surface area contributed by atoms with Gasteiger partial charge in [-0.05, 0) is 24.3 Å². The van der Waals surface area contributed by atoms with Gasteiger partial charge in [0.25, 0.3) is 11.6 Å². The van der Waals surface area contributed by atoms with Crippen molar-refractivity contribution in [3.63, 3.8) is 0 Å². The lowest BCUT2D eigenvalue weighted by Crippen LogP contribution is -2.13. The standard InChI is InChI=1S/C13H11ClN4O3/c1-15-9-3-5-11(16-7-9)13(19)17-8-2-4-10(14)12(6-8)18(20)21/h2-7,15H,1H3,(H,17,19). The third-order valence-corrected chi connectivity index (χ3v) is 3.01. The van der Waals surface area contributed by atoms with Gasteiger partial charge in [-0.1, -0.05) is 11.6 Å². The Bertz CT molecular complexity index is 688. The van der Waals surface area contributed by atoms with Crippen LogP contribution in [0.15, 0.2) is 36.5 Å². The van der Waals surface area contributed by atoms with Crippen molar-refractivity contribution in [3.8, 4) is 0 Å². The molecule has 0 saturated heterocycles. The molecule has 0 aliphatic carbocycles. The number of amides is 1. The Morgan fingerprint density at radius 2 is 2.00 bits per heavy atom. The molecule has 2 aromatic rings. The van der Waals surface area contributed by atoms with E-state index in [9.17, 15) is 14.9 Å². The van der Waals surface area contributed by atoms with E-state index < -0.39 is 10.8 Å². The number of aromatic nitrogens is 1. The average molecular weight is 307 g/mol. The van der Waals surface area contributed by atoms with Crippen molar-refractivity contribution in [2.24, 2.45) is 0 Å². The number of nitro groups is 1. The largest absolute Gasteiger partial charge is 0.387 e. The van der Waals surface area contributed by atoms with Gasteiger partial charge in [-0.2, -0.15) is 0 Å². The van der Waals surface area contributed by atoms with Crippen LogP contribution >= 0.6 is 11.6 Å². The molecule has 1 amide bonds. The van der Waals surface area contributed by atoms with Crippen LogP contribution in [0.2, 0.25) is 5.02 Å². The Morgan fingerprint density at radius 1 is 1.29 bits per heavy atom. The quantitative estimate of drug-likeness (QED) is 0.668. The molecule has 108 valence electrons. The maximum atomic E-state index is 12.0. The van der Waals surface area contributed by atoms with E-state index in [0.29, 0.717) is 0 Å². The SMILES string of the molecule is CNc1ccc(C(=O)Nc2ccc(Cl)c([N+](=O)[O-])c2)nc1. The fourth-order valence-electron chi connectivity index (χ4n) is 1.60. The Labute approximate surface area is 125 Å². The molecule has 1 heterocycles. The Kier molecular flexibility index (Phi) is 4.34. The molecule has 0 aliphatic heterocycles. The van der Waals surface area contributed by atoms with E-state index in [-0.39, 0.29) is 22.1 Å². The minimum absolute atomic E-state index is 0.00879. The summed E-state index contributed by atoms with van der Waals surface area (Å²) in [6, 6.07) is 7.28. The van der Waals surface area contributed by atoms with Gasteiger partial charge >= 0.3 is 0 Å². The first-order valence-corrected chi connectivity index (χ1v) is 6.28. The monoisotopic (exact) mass is 306 g/mol. The van der Waals surface area contributed by atoms with Crippen LogP contribution in [0.4, 0.5) is 17.1 Å². The van der Waals surface area contributed by atoms with Gasteiger partial charge in [-0.3, -0.25) is 14.9 Å². The van der Waals surface area contributed by atoms with Gasteiger partial charge in [0.2, 0.25) is 0 Å². The normalized spacial score (nSPS) is 10.0. The van der Waals surface area contributed by atoms with Crippen molar-refractivity contribution < 1.29 is 9.72 Å². The van der Waals surface area contributed by atoms with Crippen molar-refractivity contribution in [1.29, 1.82) is 0 Å². The first-order chi connectivity index (χ1) is 10.0.